The van der Waals surface area contributed by atoms with Crippen LogP contribution in [0.25, 0.3) is 0 Å². The minimum atomic E-state index is 0.651. The number of hydrogen-bond donors (Lipinski definition) is 2. The lowest BCUT2D eigenvalue weighted by molar-refractivity contribution is 0.288. The fourth-order valence-corrected chi connectivity index (χ4v) is 2.42. The predicted octanol–water partition coefficient (Wildman–Crippen LogP) is 2.74. The van der Waals surface area contributed by atoms with Crippen molar-refractivity contribution in [2.24, 2.45) is 10.9 Å². The Balaban J connectivity index is 1.42. The van der Waals surface area contributed by atoms with Gasteiger partial charge in [-0.15, -0.1) is 0 Å². The highest BCUT2D eigenvalue weighted by Gasteiger charge is 2.21. The zero-order valence-electron chi connectivity index (χ0n) is 15.4. The molecule has 1 aromatic carbocycles. The summed E-state index contributed by atoms with van der Waals surface area (Å²) in [6.45, 7) is 2.13. The zero-order chi connectivity index (χ0) is 18.2. The van der Waals surface area contributed by atoms with E-state index in [2.05, 4.69) is 20.6 Å². The van der Waals surface area contributed by atoms with Crippen molar-refractivity contribution in [2.45, 2.75) is 25.9 Å². The molecule has 0 atom stereocenters. The van der Waals surface area contributed by atoms with Crippen LogP contribution in [0, 0.1) is 5.92 Å². The van der Waals surface area contributed by atoms with Crippen LogP contribution in [0.1, 0.15) is 24.0 Å². The monoisotopic (exact) mass is 354 g/mol. The average molecular weight is 354 g/mol. The molecule has 0 saturated heterocycles. The molecule has 1 aliphatic rings. The van der Waals surface area contributed by atoms with Gasteiger partial charge in [-0.1, -0.05) is 18.2 Å². The number of aromatic nitrogens is 1. The lowest BCUT2D eigenvalue weighted by Gasteiger charge is -2.12. The molecule has 1 heterocycles. The molecule has 1 fully saturated rings. The van der Waals surface area contributed by atoms with Crippen LogP contribution in [0.3, 0.4) is 0 Å². The van der Waals surface area contributed by atoms with E-state index in [1.54, 1.807) is 14.2 Å². The van der Waals surface area contributed by atoms with Gasteiger partial charge in [-0.2, -0.15) is 0 Å². The lowest BCUT2D eigenvalue weighted by Crippen LogP contribution is -2.36. The van der Waals surface area contributed by atoms with Crippen molar-refractivity contribution in [2.75, 3.05) is 20.8 Å². The standard InChI is InChI=1S/C20H26N4O2/c1-21-20(23-11-15-5-8-18(25-2)9-6-15)24-13-17-7-10-19(22-12-17)26-14-16-3-4-16/h5-10,12,16H,3-4,11,13-14H2,1-2H3,(H2,21,23,24). The number of benzene rings is 1. The number of nitrogens with zero attached hydrogens (tertiary/aromatic N) is 2. The summed E-state index contributed by atoms with van der Waals surface area (Å²) in [5.74, 6) is 3.03. The summed E-state index contributed by atoms with van der Waals surface area (Å²) < 4.78 is 10.8. The highest BCUT2D eigenvalue weighted by Crippen LogP contribution is 2.29. The lowest BCUT2D eigenvalue weighted by atomic mass is 10.2. The number of rotatable bonds is 8. The first kappa shape index (κ1) is 18.0. The Morgan fingerprint density at radius 1 is 1.08 bits per heavy atom. The quantitative estimate of drug-likeness (QED) is 0.564. The van der Waals surface area contributed by atoms with E-state index in [1.807, 2.05) is 42.6 Å². The van der Waals surface area contributed by atoms with E-state index in [-0.39, 0.29) is 0 Å². The summed E-state index contributed by atoms with van der Waals surface area (Å²) in [7, 11) is 3.43. The molecule has 1 saturated carbocycles. The number of guanidine groups is 1. The Morgan fingerprint density at radius 2 is 1.77 bits per heavy atom. The van der Waals surface area contributed by atoms with Gasteiger partial charge in [0.25, 0.3) is 0 Å². The molecule has 0 aliphatic heterocycles. The van der Waals surface area contributed by atoms with Crippen LogP contribution in [0.15, 0.2) is 47.6 Å². The molecule has 0 bridgehead atoms. The van der Waals surface area contributed by atoms with E-state index >= 15 is 0 Å². The van der Waals surface area contributed by atoms with Gasteiger partial charge in [-0.05, 0) is 42.0 Å². The van der Waals surface area contributed by atoms with E-state index in [1.165, 1.54) is 12.8 Å². The predicted molar refractivity (Wildman–Crippen MR) is 102 cm³/mol. The van der Waals surface area contributed by atoms with Crippen LogP contribution >= 0.6 is 0 Å². The van der Waals surface area contributed by atoms with Gasteiger partial charge in [0.1, 0.15) is 5.75 Å². The second-order valence-electron chi connectivity index (χ2n) is 6.39. The fraction of sp³-hybridized carbons (Fsp3) is 0.400. The number of hydrogen-bond acceptors (Lipinski definition) is 4. The van der Waals surface area contributed by atoms with Crippen molar-refractivity contribution in [1.29, 1.82) is 0 Å². The molecule has 6 nitrogen and oxygen atoms in total. The van der Waals surface area contributed by atoms with E-state index in [0.717, 1.165) is 35.4 Å². The summed E-state index contributed by atoms with van der Waals surface area (Å²) in [4.78, 5) is 8.61. The molecule has 2 aromatic rings. The van der Waals surface area contributed by atoms with Gasteiger partial charge in [0.05, 0.1) is 13.7 Å². The van der Waals surface area contributed by atoms with Gasteiger partial charge in [0.2, 0.25) is 5.88 Å². The summed E-state index contributed by atoms with van der Waals surface area (Å²) in [5, 5.41) is 6.59. The fourth-order valence-electron chi connectivity index (χ4n) is 2.42. The first-order valence-electron chi connectivity index (χ1n) is 8.92. The Labute approximate surface area is 154 Å². The van der Waals surface area contributed by atoms with Crippen molar-refractivity contribution >= 4 is 5.96 Å². The van der Waals surface area contributed by atoms with E-state index in [0.29, 0.717) is 19.0 Å². The summed E-state index contributed by atoms with van der Waals surface area (Å²) in [6.07, 6.45) is 4.40. The van der Waals surface area contributed by atoms with Crippen molar-refractivity contribution in [3.05, 3.63) is 53.7 Å². The number of aliphatic imine (C=N–C) groups is 1. The molecule has 0 radical (unpaired) electrons. The Morgan fingerprint density at radius 3 is 2.35 bits per heavy atom. The number of ether oxygens (including phenoxy) is 2. The molecule has 2 N–H and O–H groups in total. The van der Waals surface area contributed by atoms with Crippen LogP contribution in [0.5, 0.6) is 11.6 Å². The molecule has 0 unspecified atom stereocenters. The highest BCUT2D eigenvalue weighted by molar-refractivity contribution is 5.79. The second-order valence-corrected chi connectivity index (χ2v) is 6.39. The minimum Gasteiger partial charge on any atom is -0.497 e. The molecule has 138 valence electrons. The Kier molecular flexibility index (Phi) is 6.30. The summed E-state index contributed by atoms with van der Waals surface area (Å²) >= 11 is 0. The van der Waals surface area contributed by atoms with E-state index in [9.17, 15) is 0 Å². The third kappa shape index (κ3) is 5.65. The Hall–Kier alpha value is -2.76. The second kappa shape index (κ2) is 9.08. The van der Waals surface area contributed by atoms with Gasteiger partial charge in [-0.25, -0.2) is 4.98 Å². The molecule has 1 aliphatic carbocycles. The normalized spacial score (nSPS) is 14.0. The van der Waals surface area contributed by atoms with Gasteiger partial charge < -0.3 is 20.1 Å². The average Bonchev–Trinajstić information content (AvgIpc) is 3.52. The maximum atomic E-state index is 5.66. The van der Waals surface area contributed by atoms with Gasteiger partial charge >= 0.3 is 0 Å². The molecular formula is C20H26N4O2. The van der Waals surface area contributed by atoms with E-state index in [4.69, 9.17) is 9.47 Å². The first-order valence-corrected chi connectivity index (χ1v) is 8.92. The largest absolute Gasteiger partial charge is 0.497 e. The highest BCUT2D eigenvalue weighted by atomic mass is 16.5. The van der Waals surface area contributed by atoms with Crippen LogP contribution in [0.4, 0.5) is 0 Å². The van der Waals surface area contributed by atoms with Gasteiger partial charge in [0.15, 0.2) is 5.96 Å². The first-order chi connectivity index (χ1) is 12.8. The molecule has 1 aromatic heterocycles. The molecule has 3 rings (SSSR count). The van der Waals surface area contributed by atoms with E-state index < -0.39 is 0 Å². The third-order valence-corrected chi connectivity index (χ3v) is 4.26. The molecule has 26 heavy (non-hydrogen) atoms. The number of pyridine rings is 1. The maximum Gasteiger partial charge on any atom is 0.213 e. The number of nitrogens with one attached hydrogen (secondary N) is 2. The summed E-state index contributed by atoms with van der Waals surface area (Å²) in [6, 6.07) is 11.9. The molecule has 0 spiro atoms. The smallest absolute Gasteiger partial charge is 0.213 e. The third-order valence-electron chi connectivity index (χ3n) is 4.26. The zero-order valence-corrected chi connectivity index (χ0v) is 15.4. The van der Waals surface area contributed by atoms with Crippen LogP contribution in [-0.4, -0.2) is 31.7 Å². The minimum absolute atomic E-state index is 0.651. The topological polar surface area (TPSA) is 67.8 Å². The maximum absolute atomic E-state index is 5.66. The van der Waals surface area contributed by atoms with Crippen LogP contribution in [0.2, 0.25) is 0 Å². The van der Waals surface area contributed by atoms with Gasteiger partial charge in [0, 0.05) is 32.4 Å². The van der Waals surface area contributed by atoms with Crippen LogP contribution in [-0.2, 0) is 13.1 Å². The van der Waals surface area contributed by atoms with Crippen molar-refractivity contribution in [1.82, 2.24) is 15.6 Å². The Bertz CT molecular complexity index is 710. The molecule has 0 amide bonds. The molecule has 6 heteroatoms. The SMILES string of the molecule is CN=C(NCc1ccc(OC)cc1)NCc1ccc(OCC2CC2)nc1. The number of methoxy groups -OCH3 is 1. The van der Waals surface area contributed by atoms with Crippen molar-refractivity contribution in [3.63, 3.8) is 0 Å². The van der Waals surface area contributed by atoms with Crippen LogP contribution < -0.4 is 20.1 Å². The molecular weight excluding hydrogens is 328 g/mol. The van der Waals surface area contributed by atoms with Crippen molar-refractivity contribution in [3.8, 4) is 11.6 Å². The van der Waals surface area contributed by atoms with Crippen molar-refractivity contribution < 1.29 is 9.47 Å². The summed E-state index contributed by atoms with van der Waals surface area (Å²) in [5.41, 5.74) is 2.24. The van der Waals surface area contributed by atoms with Gasteiger partial charge in [-0.3, -0.25) is 4.99 Å².